The van der Waals surface area contributed by atoms with Crippen molar-refractivity contribution >= 4 is 40.2 Å². The van der Waals surface area contributed by atoms with Crippen LogP contribution in [0.25, 0.3) is 33.4 Å². The van der Waals surface area contributed by atoms with Crippen LogP contribution in [0.1, 0.15) is 0 Å². The summed E-state index contributed by atoms with van der Waals surface area (Å²) in [5.41, 5.74) is 13.7. The molecular weight excluding hydrogens is 633 g/mol. The van der Waals surface area contributed by atoms with E-state index in [9.17, 15) is 0 Å². The first-order valence-electron chi connectivity index (χ1n) is 17.7. The zero-order valence-electron chi connectivity index (χ0n) is 28.3. The molecule has 4 heteroatoms. The topological polar surface area (TPSA) is 21.7 Å². The molecule has 2 aliphatic heterocycles. The molecule has 0 radical (unpaired) electrons. The molecule has 0 saturated heterocycles. The molecule has 3 nitrogen and oxygen atoms in total. The van der Waals surface area contributed by atoms with Crippen LogP contribution in [0.5, 0.6) is 23.0 Å². The van der Waals surface area contributed by atoms with Gasteiger partial charge in [0.2, 0.25) is 0 Å². The Kier molecular flexibility index (Phi) is 7.25. The molecule has 0 spiro atoms. The van der Waals surface area contributed by atoms with Gasteiger partial charge in [-0.3, -0.25) is 0 Å². The summed E-state index contributed by atoms with van der Waals surface area (Å²) >= 11 is 0. The lowest BCUT2D eigenvalue weighted by molar-refractivity contribution is 0.463. The highest BCUT2D eigenvalue weighted by atomic mass is 16.5. The van der Waals surface area contributed by atoms with E-state index in [0.717, 1.165) is 67.5 Å². The van der Waals surface area contributed by atoms with Gasteiger partial charge in [-0.1, -0.05) is 146 Å². The number of nitrogens with zero attached hydrogens (tertiary/aromatic N) is 1. The van der Waals surface area contributed by atoms with Crippen LogP contribution in [0.3, 0.4) is 0 Å². The second-order valence-electron chi connectivity index (χ2n) is 13.3. The van der Waals surface area contributed by atoms with Crippen LogP contribution in [0.2, 0.25) is 0 Å². The molecule has 0 aromatic heterocycles. The average molecular weight is 666 g/mol. The third-order valence-electron chi connectivity index (χ3n) is 10.2. The maximum atomic E-state index is 6.94. The lowest BCUT2D eigenvalue weighted by Crippen LogP contribution is -2.59. The van der Waals surface area contributed by atoms with Gasteiger partial charge in [0.15, 0.2) is 0 Å². The average Bonchev–Trinajstić information content (AvgIpc) is 3.21. The van der Waals surface area contributed by atoms with Crippen LogP contribution < -0.4 is 30.8 Å². The summed E-state index contributed by atoms with van der Waals surface area (Å²) in [5.74, 6) is 3.15. The fourth-order valence-electron chi connectivity index (χ4n) is 7.75. The second kappa shape index (κ2) is 12.5. The number of benzene rings is 8. The summed E-state index contributed by atoms with van der Waals surface area (Å²) in [6.07, 6.45) is 0. The van der Waals surface area contributed by atoms with Crippen molar-refractivity contribution in [1.82, 2.24) is 0 Å². The van der Waals surface area contributed by atoms with Gasteiger partial charge in [-0.25, -0.2) is 0 Å². The van der Waals surface area contributed by atoms with Gasteiger partial charge in [-0.2, -0.15) is 0 Å². The first kappa shape index (κ1) is 30.1. The largest absolute Gasteiger partial charge is 0.458 e. The molecule has 2 heterocycles. The number of anilines is 3. The van der Waals surface area contributed by atoms with E-state index in [0.29, 0.717) is 5.75 Å². The summed E-state index contributed by atoms with van der Waals surface area (Å²) in [6, 6.07) is 68.3. The highest BCUT2D eigenvalue weighted by Gasteiger charge is 2.42. The Morgan fingerprint density at radius 1 is 0.385 bits per heavy atom. The lowest BCUT2D eigenvalue weighted by Gasteiger charge is -2.40. The first-order chi connectivity index (χ1) is 25.8. The number of rotatable bonds is 6. The minimum Gasteiger partial charge on any atom is -0.458 e. The number of hydrogen-bond acceptors (Lipinski definition) is 3. The van der Waals surface area contributed by atoms with Crippen molar-refractivity contribution < 1.29 is 9.47 Å². The Morgan fingerprint density at radius 3 is 1.60 bits per heavy atom. The molecule has 0 amide bonds. The molecule has 0 bridgehead atoms. The number of fused-ring (bicyclic) bond motifs is 4. The number of ether oxygens (including phenoxy) is 2. The van der Waals surface area contributed by atoms with Crippen molar-refractivity contribution in [3.63, 3.8) is 0 Å². The summed E-state index contributed by atoms with van der Waals surface area (Å²) < 4.78 is 13.5. The van der Waals surface area contributed by atoms with Crippen LogP contribution in [-0.2, 0) is 0 Å². The summed E-state index contributed by atoms with van der Waals surface area (Å²) in [4.78, 5) is 2.40. The second-order valence-corrected chi connectivity index (χ2v) is 13.3. The molecule has 0 unspecified atom stereocenters. The molecule has 0 atom stereocenters. The monoisotopic (exact) mass is 665 g/mol. The number of para-hydroxylation sites is 1. The Hall–Kier alpha value is -6.78. The molecule has 8 aromatic carbocycles. The van der Waals surface area contributed by atoms with Crippen molar-refractivity contribution in [2.24, 2.45) is 0 Å². The van der Waals surface area contributed by atoms with Gasteiger partial charge < -0.3 is 14.4 Å². The van der Waals surface area contributed by atoms with Gasteiger partial charge in [-0.05, 0) is 86.2 Å². The highest BCUT2D eigenvalue weighted by molar-refractivity contribution is 6.99. The van der Waals surface area contributed by atoms with Crippen molar-refractivity contribution in [3.05, 3.63) is 194 Å². The number of hydrogen-bond donors (Lipinski definition) is 0. The van der Waals surface area contributed by atoms with Crippen LogP contribution in [0, 0.1) is 0 Å². The van der Waals surface area contributed by atoms with E-state index in [2.05, 4.69) is 169 Å². The molecule has 244 valence electrons. The molecule has 0 fully saturated rings. The van der Waals surface area contributed by atoms with Crippen LogP contribution in [-0.4, -0.2) is 6.71 Å². The van der Waals surface area contributed by atoms with Gasteiger partial charge in [0.05, 0.1) is 0 Å². The smallest absolute Gasteiger partial charge is 0.256 e. The Balaban J connectivity index is 1.22. The van der Waals surface area contributed by atoms with E-state index in [1.165, 1.54) is 16.6 Å². The summed E-state index contributed by atoms with van der Waals surface area (Å²) in [5, 5.41) is 0. The molecule has 0 aliphatic carbocycles. The van der Waals surface area contributed by atoms with Gasteiger partial charge in [0.1, 0.15) is 23.0 Å². The fraction of sp³-hybridized carbons (Fsp3) is 0. The Morgan fingerprint density at radius 2 is 0.942 bits per heavy atom. The Bertz CT molecular complexity index is 2570. The molecule has 8 aromatic rings. The van der Waals surface area contributed by atoms with E-state index in [1.54, 1.807) is 0 Å². The van der Waals surface area contributed by atoms with E-state index in [4.69, 9.17) is 9.47 Å². The summed E-state index contributed by atoms with van der Waals surface area (Å²) in [7, 11) is 0. The van der Waals surface area contributed by atoms with Crippen LogP contribution >= 0.6 is 0 Å². The van der Waals surface area contributed by atoms with E-state index in [1.807, 2.05) is 30.3 Å². The zero-order chi connectivity index (χ0) is 34.4. The molecule has 0 N–H and O–H groups in total. The minimum absolute atomic E-state index is 0.0438. The van der Waals surface area contributed by atoms with Crippen LogP contribution in [0.4, 0.5) is 17.1 Å². The molecule has 52 heavy (non-hydrogen) atoms. The summed E-state index contributed by atoms with van der Waals surface area (Å²) in [6.45, 7) is -0.0438. The van der Waals surface area contributed by atoms with Crippen LogP contribution in [0.15, 0.2) is 194 Å². The molecular formula is C48H32BNO2. The maximum Gasteiger partial charge on any atom is 0.256 e. The predicted octanol–water partition coefficient (Wildman–Crippen LogP) is 10.9. The first-order valence-corrected chi connectivity index (χ1v) is 17.7. The van der Waals surface area contributed by atoms with Gasteiger partial charge in [0.25, 0.3) is 6.71 Å². The zero-order valence-corrected chi connectivity index (χ0v) is 28.3. The van der Waals surface area contributed by atoms with Crippen molar-refractivity contribution in [2.45, 2.75) is 0 Å². The molecule has 0 saturated carbocycles. The Labute approximate surface area is 304 Å². The third kappa shape index (κ3) is 5.24. The normalized spacial score (nSPS) is 12.3. The van der Waals surface area contributed by atoms with Gasteiger partial charge in [-0.15, -0.1) is 0 Å². The van der Waals surface area contributed by atoms with Gasteiger partial charge >= 0.3 is 0 Å². The highest BCUT2D eigenvalue weighted by Crippen LogP contribution is 2.45. The molecule has 10 rings (SSSR count). The minimum atomic E-state index is -0.0438. The van der Waals surface area contributed by atoms with E-state index in [-0.39, 0.29) is 6.71 Å². The van der Waals surface area contributed by atoms with E-state index < -0.39 is 0 Å². The third-order valence-corrected chi connectivity index (χ3v) is 10.2. The fourth-order valence-corrected chi connectivity index (χ4v) is 7.75. The van der Waals surface area contributed by atoms with Crippen molar-refractivity contribution in [3.8, 4) is 56.4 Å². The standard InChI is InChI=1S/C48H32BNO2/c1-5-14-33(15-6-1)36-20-13-21-39(28-36)50-44-29-37(34-16-7-2-8-17-34)24-26-42(44)49-43-27-25-38(35-18-9-3-10-19-35)30-46(43)52-47-32-41(31-45(50)48(47)49)51-40-22-11-4-12-23-40/h1-32H. The van der Waals surface area contributed by atoms with Crippen molar-refractivity contribution in [2.75, 3.05) is 4.90 Å². The quantitative estimate of drug-likeness (QED) is 0.165. The predicted molar refractivity (Wildman–Crippen MR) is 215 cm³/mol. The van der Waals surface area contributed by atoms with Gasteiger partial charge in [0, 0.05) is 29.2 Å². The van der Waals surface area contributed by atoms with Crippen molar-refractivity contribution in [1.29, 1.82) is 0 Å². The van der Waals surface area contributed by atoms with E-state index >= 15 is 0 Å². The maximum absolute atomic E-state index is 6.94. The molecule has 2 aliphatic rings. The lowest BCUT2D eigenvalue weighted by atomic mass is 9.34. The SMILES string of the molecule is c1ccc(Oc2cc3c4c(c2)N(c2cccc(-c5ccccc5)c2)c2cc(-c5ccccc5)ccc2B4c2ccc(-c4ccccc4)cc2O3)cc1.